The highest BCUT2D eigenvalue weighted by atomic mass is 16.5. The van der Waals surface area contributed by atoms with E-state index in [1.165, 1.54) is 0 Å². The van der Waals surface area contributed by atoms with E-state index in [-0.39, 0.29) is 0 Å². The predicted molar refractivity (Wildman–Crippen MR) is 97.0 cm³/mol. The Kier molecular flexibility index (Phi) is 4.71. The molecule has 24 heavy (non-hydrogen) atoms. The van der Waals surface area contributed by atoms with Crippen molar-refractivity contribution in [3.63, 3.8) is 0 Å². The van der Waals surface area contributed by atoms with Crippen molar-refractivity contribution in [2.75, 3.05) is 21.3 Å². The summed E-state index contributed by atoms with van der Waals surface area (Å²) in [6, 6.07) is 22.0. The van der Waals surface area contributed by atoms with Crippen LogP contribution in [-0.4, -0.2) is 21.3 Å². The van der Waals surface area contributed by atoms with Crippen molar-refractivity contribution in [3.8, 4) is 39.5 Å². The second-order valence-corrected chi connectivity index (χ2v) is 5.32. The number of benzene rings is 3. The van der Waals surface area contributed by atoms with Crippen LogP contribution in [0.15, 0.2) is 66.7 Å². The van der Waals surface area contributed by atoms with Crippen LogP contribution in [0.1, 0.15) is 0 Å². The smallest absolute Gasteiger partial charge is 0.127 e. The van der Waals surface area contributed by atoms with Gasteiger partial charge in [-0.2, -0.15) is 0 Å². The summed E-state index contributed by atoms with van der Waals surface area (Å²) in [5, 5.41) is 0. The topological polar surface area (TPSA) is 27.7 Å². The van der Waals surface area contributed by atoms with Crippen LogP contribution < -0.4 is 14.2 Å². The Hall–Kier alpha value is -2.94. The Balaban J connectivity index is 2.28. The van der Waals surface area contributed by atoms with Gasteiger partial charge in [0.05, 0.1) is 21.3 Å². The molecule has 0 atom stereocenters. The van der Waals surface area contributed by atoms with E-state index in [9.17, 15) is 0 Å². The molecular weight excluding hydrogens is 300 g/mol. The van der Waals surface area contributed by atoms with Gasteiger partial charge in [-0.15, -0.1) is 0 Å². The van der Waals surface area contributed by atoms with Crippen LogP contribution in [-0.2, 0) is 0 Å². The average molecular weight is 320 g/mol. The second-order valence-electron chi connectivity index (χ2n) is 5.32. The van der Waals surface area contributed by atoms with E-state index in [1.807, 2.05) is 54.6 Å². The summed E-state index contributed by atoms with van der Waals surface area (Å²) in [6.45, 7) is 0. The fourth-order valence-electron chi connectivity index (χ4n) is 2.86. The van der Waals surface area contributed by atoms with E-state index in [2.05, 4.69) is 12.1 Å². The highest BCUT2D eigenvalue weighted by Gasteiger charge is 2.16. The van der Waals surface area contributed by atoms with Crippen molar-refractivity contribution in [1.29, 1.82) is 0 Å². The molecule has 122 valence electrons. The third-order valence-corrected chi connectivity index (χ3v) is 4.00. The predicted octanol–water partition coefficient (Wildman–Crippen LogP) is 5.05. The summed E-state index contributed by atoms with van der Waals surface area (Å²) in [4.78, 5) is 0. The molecule has 0 radical (unpaired) electrons. The molecule has 3 rings (SSSR count). The van der Waals surface area contributed by atoms with Crippen LogP contribution in [0, 0.1) is 0 Å². The van der Waals surface area contributed by atoms with Gasteiger partial charge in [0.15, 0.2) is 0 Å². The zero-order valence-electron chi connectivity index (χ0n) is 14.1. The Bertz CT molecular complexity index is 840. The summed E-state index contributed by atoms with van der Waals surface area (Å²) < 4.78 is 16.6. The number of para-hydroxylation sites is 1. The highest BCUT2D eigenvalue weighted by molar-refractivity contribution is 5.90. The molecule has 0 heterocycles. The third-order valence-electron chi connectivity index (χ3n) is 4.00. The molecule has 0 amide bonds. The van der Waals surface area contributed by atoms with Crippen LogP contribution in [0.4, 0.5) is 0 Å². The van der Waals surface area contributed by atoms with E-state index >= 15 is 0 Å². The van der Waals surface area contributed by atoms with E-state index in [0.717, 1.165) is 39.5 Å². The lowest BCUT2D eigenvalue weighted by Gasteiger charge is -2.17. The summed E-state index contributed by atoms with van der Waals surface area (Å²) in [5.41, 5.74) is 4.13. The first-order chi connectivity index (χ1) is 11.8. The standard InChI is InChI=1S/C21H20O3/c1-22-16-9-6-8-15(14-16)17-11-7-13-20(24-3)21(17)18-10-4-5-12-19(18)23-2/h4-14H,1-3H3. The maximum atomic E-state index is 5.63. The zero-order valence-corrected chi connectivity index (χ0v) is 14.1. The molecule has 0 saturated carbocycles. The molecule has 3 nitrogen and oxygen atoms in total. The zero-order chi connectivity index (χ0) is 16.9. The fourth-order valence-corrected chi connectivity index (χ4v) is 2.86. The summed E-state index contributed by atoms with van der Waals surface area (Å²) in [6.07, 6.45) is 0. The minimum atomic E-state index is 0.805. The van der Waals surface area contributed by atoms with Gasteiger partial charge < -0.3 is 14.2 Å². The van der Waals surface area contributed by atoms with Crippen molar-refractivity contribution in [2.45, 2.75) is 0 Å². The van der Waals surface area contributed by atoms with Crippen molar-refractivity contribution in [2.24, 2.45) is 0 Å². The van der Waals surface area contributed by atoms with Crippen molar-refractivity contribution in [1.82, 2.24) is 0 Å². The number of hydrogen-bond donors (Lipinski definition) is 0. The van der Waals surface area contributed by atoms with Gasteiger partial charge in [0.2, 0.25) is 0 Å². The van der Waals surface area contributed by atoms with E-state index in [0.29, 0.717) is 0 Å². The summed E-state index contributed by atoms with van der Waals surface area (Å²) in [5.74, 6) is 2.44. The molecule has 0 aliphatic heterocycles. The normalized spacial score (nSPS) is 10.3. The second kappa shape index (κ2) is 7.09. The molecule has 3 aromatic rings. The van der Waals surface area contributed by atoms with Crippen LogP contribution in [0.3, 0.4) is 0 Å². The fraction of sp³-hybridized carbons (Fsp3) is 0.143. The van der Waals surface area contributed by atoms with Crippen LogP contribution >= 0.6 is 0 Å². The molecule has 0 aromatic heterocycles. The van der Waals surface area contributed by atoms with Crippen LogP contribution in [0.2, 0.25) is 0 Å². The lowest BCUT2D eigenvalue weighted by Crippen LogP contribution is -1.94. The molecule has 0 fully saturated rings. The van der Waals surface area contributed by atoms with Gasteiger partial charge in [0.1, 0.15) is 17.2 Å². The SMILES string of the molecule is COc1cccc(-c2cccc(OC)c2-c2ccccc2OC)c1. The Labute approximate surface area is 142 Å². The Morgan fingerprint density at radius 2 is 1.25 bits per heavy atom. The average Bonchev–Trinajstić information content (AvgIpc) is 2.67. The maximum absolute atomic E-state index is 5.63. The first-order valence-corrected chi connectivity index (χ1v) is 7.73. The van der Waals surface area contributed by atoms with Crippen LogP contribution in [0.5, 0.6) is 17.2 Å². The maximum Gasteiger partial charge on any atom is 0.127 e. The third kappa shape index (κ3) is 2.93. The van der Waals surface area contributed by atoms with Gasteiger partial charge in [-0.1, -0.05) is 42.5 Å². The first-order valence-electron chi connectivity index (χ1n) is 7.73. The molecule has 0 saturated heterocycles. The number of rotatable bonds is 5. The molecule has 0 aliphatic carbocycles. The van der Waals surface area contributed by atoms with Crippen molar-refractivity contribution in [3.05, 3.63) is 66.7 Å². The minimum absolute atomic E-state index is 0.805. The van der Waals surface area contributed by atoms with Crippen LogP contribution in [0.25, 0.3) is 22.3 Å². The van der Waals surface area contributed by atoms with E-state index in [1.54, 1.807) is 21.3 Å². The van der Waals surface area contributed by atoms with Gasteiger partial charge in [-0.05, 0) is 35.4 Å². The molecule has 3 heteroatoms. The lowest BCUT2D eigenvalue weighted by molar-refractivity contribution is 0.410. The van der Waals surface area contributed by atoms with E-state index < -0.39 is 0 Å². The number of hydrogen-bond acceptors (Lipinski definition) is 3. The van der Waals surface area contributed by atoms with Gasteiger partial charge in [0.25, 0.3) is 0 Å². The number of ether oxygens (including phenoxy) is 3. The molecule has 0 N–H and O–H groups in total. The molecule has 0 spiro atoms. The van der Waals surface area contributed by atoms with Crippen molar-refractivity contribution < 1.29 is 14.2 Å². The van der Waals surface area contributed by atoms with E-state index in [4.69, 9.17) is 14.2 Å². The largest absolute Gasteiger partial charge is 0.497 e. The molecule has 0 unspecified atom stereocenters. The molecule has 0 aliphatic rings. The molecule has 3 aromatic carbocycles. The van der Waals surface area contributed by atoms with Gasteiger partial charge in [-0.25, -0.2) is 0 Å². The quantitative estimate of drug-likeness (QED) is 0.658. The summed E-state index contributed by atoms with van der Waals surface area (Å²) in [7, 11) is 5.04. The Morgan fingerprint density at radius 1 is 0.583 bits per heavy atom. The molecular formula is C21H20O3. The Morgan fingerprint density at radius 3 is 2.00 bits per heavy atom. The monoisotopic (exact) mass is 320 g/mol. The van der Waals surface area contributed by atoms with Gasteiger partial charge in [0, 0.05) is 11.1 Å². The van der Waals surface area contributed by atoms with Gasteiger partial charge >= 0.3 is 0 Å². The number of methoxy groups -OCH3 is 3. The highest BCUT2D eigenvalue weighted by Crippen LogP contribution is 2.43. The van der Waals surface area contributed by atoms with Gasteiger partial charge in [-0.3, -0.25) is 0 Å². The summed E-state index contributed by atoms with van der Waals surface area (Å²) >= 11 is 0. The van der Waals surface area contributed by atoms with Crippen molar-refractivity contribution >= 4 is 0 Å². The lowest BCUT2D eigenvalue weighted by atomic mass is 9.93. The molecule has 0 bridgehead atoms. The minimum Gasteiger partial charge on any atom is -0.497 e. The first kappa shape index (κ1) is 15.9.